The van der Waals surface area contributed by atoms with Gasteiger partial charge < -0.3 is 5.73 Å². The molecule has 0 aromatic heterocycles. The van der Waals surface area contributed by atoms with Crippen molar-refractivity contribution in [3.05, 3.63) is 29.3 Å². The minimum atomic E-state index is 0.695. The van der Waals surface area contributed by atoms with E-state index in [4.69, 9.17) is 5.73 Å². The van der Waals surface area contributed by atoms with E-state index in [0.29, 0.717) is 5.92 Å². The van der Waals surface area contributed by atoms with Crippen LogP contribution in [0, 0.1) is 0 Å². The van der Waals surface area contributed by atoms with Crippen molar-refractivity contribution in [2.75, 3.05) is 5.73 Å². The Balaban J connectivity index is 2.43. The predicted molar refractivity (Wildman–Crippen MR) is 56.8 cm³/mol. The highest BCUT2D eigenvalue weighted by atomic mass is 14.5. The van der Waals surface area contributed by atoms with Crippen molar-refractivity contribution in [1.82, 2.24) is 0 Å². The third kappa shape index (κ3) is 1.69. The molecule has 70 valence electrons. The Labute approximate surface area is 80.0 Å². The summed E-state index contributed by atoms with van der Waals surface area (Å²) in [5, 5.41) is 0. The van der Waals surface area contributed by atoms with Crippen LogP contribution in [0.25, 0.3) is 0 Å². The van der Waals surface area contributed by atoms with Gasteiger partial charge in [-0.3, -0.25) is 0 Å². The first-order chi connectivity index (χ1) is 6.27. The number of rotatable bonds is 0. The van der Waals surface area contributed by atoms with E-state index in [1.165, 1.54) is 36.8 Å². The molecule has 1 unspecified atom stereocenters. The Morgan fingerprint density at radius 3 is 3.00 bits per heavy atom. The molecule has 0 spiro atoms. The lowest BCUT2D eigenvalue weighted by Gasteiger charge is -2.12. The van der Waals surface area contributed by atoms with E-state index in [1.54, 1.807) is 0 Å². The molecule has 0 saturated carbocycles. The van der Waals surface area contributed by atoms with Crippen LogP contribution in [0.3, 0.4) is 0 Å². The van der Waals surface area contributed by atoms with Crippen molar-refractivity contribution < 1.29 is 0 Å². The third-order valence-electron chi connectivity index (χ3n) is 3.03. The minimum Gasteiger partial charge on any atom is -0.399 e. The van der Waals surface area contributed by atoms with Crippen LogP contribution >= 0.6 is 0 Å². The molecule has 2 N–H and O–H groups in total. The number of nitrogens with two attached hydrogens (primary N) is 1. The standard InChI is InChI=1S/C12H17N/c1-9-4-2-3-5-10-6-7-11(13)8-12(9)10/h6-9H,2-5,13H2,1H3. The van der Waals surface area contributed by atoms with Gasteiger partial charge in [0.2, 0.25) is 0 Å². The first-order valence-electron chi connectivity index (χ1n) is 5.15. The molecular weight excluding hydrogens is 158 g/mol. The fourth-order valence-electron chi connectivity index (χ4n) is 2.22. The molecule has 1 aromatic rings. The van der Waals surface area contributed by atoms with Gasteiger partial charge in [0.15, 0.2) is 0 Å². The fraction of sp³-hybridized carbons (Fsp3) is 0.500. The van der Waals surface area contributed by atoms with Gasteiger partial charge in [-0.25, -0.2) is 0 Å². The molecule has 13 heavy (non-hydrogen) atoms. The van der Waals surface area contributed by atoms with E-state index in [9.17, 15) is 0 Å². The zero-order chi connectivity index (χ0) is 9.26. The maximum Gasteiger partial charge on any atom is 0.0317 e. The normalized spacial score (nSPS) is 22.1. The van der Waals surface area contributed by atoms with Gasteiger partial charge >= 0.3 is 0 Å². The SMILES string of the molecule is CC1CCCCc2ccc(N)cc21. The second-order valence-electron chi connectivity index (χ2n) is 4.11. The van der Waals surface area contributed by atoms with Gasteiger partial charge in [-0.2, -0.15) is 0 Å². The Morgan fingerprint density at radius 1 is 1.31 bits per heavy atom. The average Bonchev–Trinajstić information content (AvgIpc) is 2.29. The lowest BCUT2D eigenvalue weighted by molar-refractivity contribution is 0.635. The summed E-state index contributed by atoms with van der Waals surface area (Å²) in [4.78, 5) is 0. The second kappa shape index (κ2) is 3.41. The lowest BCUT2D eigenvalue weighted by atomic mass is 9.94. The molecule has 2 rings (SSSR count). The zero-order valence-electron chi connectivity index (χ0n) is 8.22. The molecule has 0 bridgehead atoms. The number of benzene rings is 1. The molecule has 1 heteroatoms. The summed E-state index contributed by atoms with van der Waals surface area (Å²) in [7, 11) is 0. The first-order valence-corrected chi connectivity index (χ1v) is 5.15. The van der Waals surface area contributed by atoms with Crippen molar-refractivity contribution in [1.29, 1.82) is 0 Å². The highest BCUT2D eigenvalue weighted by molar-refractivity contribution is 5.46. The van der Waals surface area contributed by atoms with Crippen LogP contribution in [0.4, 0.5) is 5.69 Å². The van der Waals surface area contributed by atoms with Crippen molar-refractivity contribution in [3.8, 4) is 0 Å². The molecule has 0 aliphatic heterocycles. The molecule has 0 amide bonds. The van der Waals surface area contributed by atoms with Gasteiger partial charge in [0, 0.05) is 5.69 Å². The third-order valence-corrected chi connectivity index (χ3v) is 3.03. The Kier molecular flexibility index (Phi) is 2.26. The Hall–Kier alpha value is -0.980. The molecule has 1 aliphatic carbocycles. The summed E-state index contributed by atoms with van der Waals surface area (Å²) in [6, 6.07) is 6.38. The lowest BCUT2D eigenvalue weighted by Crippen LogP contribution is -1.97. The Bertz CT molecular complexity index is 304. The quantitative estimate of drug-likeness (QED) is 0.476. The Morgan fingerprint density at radius 2 is 2.15 bits per heavy atom. The number of hydrogen-bond acceptors (Lipinski definition) is 1. The van der Waals surface area contributed by atoms with E-state index >= 15 is 0 Å². The number of hydrogen-bond donors (Lipinski definition) is 1. The fourth-order valence-corrected chi connectivity index (χ4v) is 2.22. The largest absolute Gasteiger partial charge is 0.399 e. The van der Waals surface area contributed by atoms with E-state index in [-0.39, 0.29) is 0 Å². The van der Waals surface area contributed by atoms with Crippen molar-refractivity contribution in [2.45, 2.75) is 38.5 Å². The van der Waals surface area contributed by atoms with Crippen LogP contribution in [0.1, 0.15) is 43.2 Å². The maximum atomic E-state index is 5.80. The molecule has 0 heterocycles. The van der Waals surface area contributed by atoms with Gasteiger partial charge in [0.25, 0.3) is 0 Å². The number of nitrogen functional groups attached to an aromatic ring is 1. The van der Waals surface area contributed by atoms with E-state index in [1.807, 2.05) is 6.07 Å². The van der Waals surface area contributed by atoms with Crippen LogP contribution < -0.4 is 5.73 Å². The van der Waals surface area contributed by atoms with Crippen LogP contribution in [-0.2, 0) is 6.42 Å². The van der Waals surface area contributed by atoms with Crippen LogP contribution in [-0.4, -0.2) is 0 Å². The monoisotopic (exact) mass is 175 g/mol. The number of anilines is 1. The molecule has 0 radical (unpaired) electrons. The van der Waals surface area contributed by atoms with E-state index < -0.39 is 0 Å². The van der Waals surface area contributed by atoms with Crippen LogP contribution in [0.5, 0.6) is 0 Å². The molecule has 1 aliphatic rings. The summed E-state index contributed by atoms with van der Waals surface area (Å²) < 4.78 is 0. The highest BCUT2D eigenvalue weighted by Gasteiger charge is 2.14. The van der Waals surface area contributed by atoms with Crippen molar-refractivity contribution in [2.24, 2.45) is 0 Å². The summed E-state index contributed by atoms with van der Waals surface area (Å²) in [6.07, 6.45) is 5.24. The van der Waals surface area contributed by atoms with Crippen molar-refractivity contribution >= 4 is 5.69 Å². The van der Waals surface area contributed by atoms with Crippen molar-refractivity contribution in [3.63, 3.8) is 0 Å². The molecule has 1 atom stereocenters. The minimum absolute atomic E-state index is 0.695. The van der Waals surface area contributed by atoms with Gasteiger partial charge in [-0.05, 0) is 48.4 Å². The van der Waals surface area contributed by atoms with E-state index in [2.05, 4.69) is 19.1 Å². The maximum absolute atomic E-state index is 5.80. The van der Waals surface area contributed by atoms with E-state index in [0.717, 1.165) is 5.69 Å². The molecule has 0 fully saturated rings. The van der Waals surface area contributed by atoms with Gasteiger partial charge in [0.05, 0.1) is 0 Å². The topological polar surface area (TPSA) is 26.0 Å². The summed E-state index contributed by atoms with van der Waals surface area (Å²) >= 11 is 0. The van der Waals surface area contributed by atoms with Gasteiger partial charge in [0.1, 0.15) is 0 Å². The van der Waals surface area contributed by atoms with Crippen LogP contribution in [0.15, 0.2) is 18.2 Å². The first kappa shape index (κ1) is 8.61. The zero-order valence-corrected chi connectivity index (χ0v) is 8.22. The summed E-state index contributed by atoms with van der Waals surface area (Å²) in [5.41, 5.74) is 9.70. The molecule has 1 aromatic carbocycles. The molecule has 0 saturated heterocycles. The average molecular weight is 175 g/mol. The van der Waals surface area contributed by atoms with Gasteiger partial charge in [-0.15, -0.1) is 0 Å². The second-order valence-corrected chi connectivity index (χ2v) is 4.11. The summed E-state index contributed by atoms with van der Waals surface area (Å²) in [5.74, 6) is 0.695. The van der Waals surface area contributed by atoms with Gasteiger partial charge in [-0.1, -0.05) is 19.4 Å². The smallest absolute Gasteiger partial charge is 0.0317 e. The number of fused-ring (bicyclic) bond motifs is 1. The number of aryl methyl sites for hydroxylation is 1. The van der Waals surface area contributed by atoms with Crippen LogP contribution in [0.2, 0.25) is 0 Å². The molecular formula is C12H17N. The summed E-state index contributed by atoms with van der Waals surface area (Å²) in [6.45, 7) is 2.31. The predicted octanol–water partition coefficient (Wildman–Crippen LogP) is 3.10. The highest BCUT2D eigenvalue weighted by Crippen LogP contribution is 2.31. The molecule has 1 nitrogen and oxygen atoms in total.